The molecule has 1 N–H and O–H groups in total. The molecule has 1 aliphatic carbocycles. The molecule has 1 aliphatic rings. The molecule has 1 fully saturated rings. The van der Waals surface area contributed by atoms with E-state index in [1.165, 1.54) is 6.92 Å². The van der Waals surface area contributed by atoms with E-state index in [0.717, 1.165) is 43.5 Å². The fourth-order valence-electron chi connectivity index (χ4n) is 3.37. The van der Waals surface area contributed by atoms with E-state index in [2.05, 4.69) is 19.2 Å². The third kappa shape index (κ3) is 6.02. The van der Waals surface area contributed by atoms with Crippen molar-refractivity contribution in [2.75, 3.05) is 5.75 Å². The fraction of sp³-hybridized carbons (Fsp3) is 0.600. The van der Waals surface area contributed by atoms with Crippen LogP contribution in [0.25, 0.3) is 0 Å². The molecule has 0 spiro atoms. The maximum Gasteiger partial charge on any atom is 0.307 e. The molecule has 1 aromatic rings. The number of nitrogens with one attached hydrogen (secondary N) is 1. The van der Waals surface area contributed by atoms with Gasteiger partial charge < -0.3 is 10.1 Å². The summed E-state index contributed by atoms with van der Waals surface area (Å²) in [6.07, 6.45) is 1.71. The van der Waals surface area contributed by atoms with E-state index >= 15 is 0 Å². The molecule has 1 aromatic carbocycles. The molecule has 1 amide bonds. The van der Waals surface area contributed by atoms with Crippen LogP contribution in [0.3, 0.4) is 0 Å². The highest BCUT2D eigenvalue weighted by molar-refractivity contribution is 7.91. The molecule has 8 heteroatoms. The van der Waals surface area contributed by atoms with Crippen molar-refractivity contribution in [1.29, 1.82) is 0 Å². The fourth-order valence-corrected chi connectivity index (χ4v) is 4.59. The van der Waals surface area contributed by atoms with Crippen molar-refractivity contribution < 1.29 is 27.1 Å². The summed E-state index contributed by atoms with van der Waals surface area (Å²) in [6.45, 7) is 5.73. The van der Waals surface area contributed by atoms with Crippen molar-refractivity contribution in [2.24, 2.45) is 11.8 Å². The third-order valence-electron chi connectivity index (χ3n) is 5.46. The summed E-state index contributed by atoms with van der Waals surface area (Å²) < 4.78 is 42.4. The van der Waals surface area contributed by atoms with Crippen molar-refractivity contribution in [3.05, 3.63) is 30.1 Å². The Morgan fingerprint density at radius 2 is 1.86 bits per heavy atom. The molecule has 0 heterocycles. The smallest absolute Gasteiger partial charge is 0.307 e. The van der Waals surface area contributed by atoms with Crippen LogP contribution >= 0.6 is 0 Å². The van der Waals surface area contributed by atoms with Gasteiger partial charge >= 0.3 is 5.97 Å². The highest BCUT2D eigenvalue weighted by Crippen LogP contribution is 2.29. The SMILES string of the molecule is C[C@@H]1[C@H](C)CCC[C@@H]1NC(=O)[C@@H](C)OC(=O)CCS(=O)(=O)c1ccc(F)cc1. The molecule has 156 valence electrons. The minimum atomic E-state index is -3.73. The molecule has 0 saturated heterocycles. The standard InChI is InChI=1S/C20H28FNO5S/c1-13-5-4-6-18(14(13)2)22-20(24)15(3)27-19(23)11-12-28(25,26)17-9-7-16(21)8-10-17/h7-10,13-15,18H,4-6,11-12H2,1-3H3,(H,22,24)/t13-,14-,15-,18+/m1/s1. The molecule has 4 atom stereocenters. The average molecular weight is 414 g/mol. The zero-order valence-corrected chi connectivity index (χ0v) is 17.3. The Morgan fingerprint density at radius 3 is 2.50 bits per heavy atom. The first-order valence-corrected chi connectivity index (χ1v) is 11.2. The van der Waals surface area contributed by atoms with Gasteiger partial charge in [0.25, 0.3) is 5.91 Å². The van der Waals surface area contributed by atoms with E-state index in [0.29, 0.717) is 11.8 Å². The van der Waals surface area contributed by atoms with Crippen molar-refractivity contribution >= 4 is 21.7 Å². The molecule has 1 saturated carbocycles. The van der Waals surface area contributed by atoms with E-state index < -0.39 is 33.5 Å². The van der Waals surface area contributed by atoms with Crippen LogP contribution in [0.5, 0.6) is 0 Å². The molecular weight excluding hydrogens is 385 g/mol. The Hall–Kier alpha value is -1.96. The first-order valence-electron chi connectivity index (χ1n) is 9.58. The van der Waals surface area contributed by atoms with Crippen molar-refractivity contribution in [2.45, 2.75) is 63.5 Å². The number of carbonyl (C=O) groups excluding carboxylic acids is 2. The van der Waals surface area contributed by atoms with Crippen LogP contribution in [0.4, 0.5) is 4.39 Å². The summed E-state index contributed by atoms with van der Waals surface area (Å²) in [7, 11) is -3.73. The van der Waals surface area contributed by atoms with Crippen LogP contribution in [-0.4, -0.2) is 38.2 Å². The minimum Gasteiger partial charge on any atom is -0.453 e. The maximum atomic E-state index is 12.9. The van der Waals surface area contributed by atoms with Gasteiger partial charge in [0.2, 0.25) is 0 Å². The minimum absolute atomic E-state index is 0.0521. The normalized spacial score (nSPS) is 23.6. The zero-order chi connectivity index (χ0) is 20.9. The van der Waals surface area contributed by atoms with Crippen LogP contribution in [0.15, 0.2) is 29.2 Å². The Morgan fingerprint density at radius 1 is 1.21 bits per heavy atom. The zero-order valence-electron chi connectivity index (χ0n) is 16.5. The van der Waals surface area contributed by atoms with Gasteiger partial charge in [-0.1, -0.05) is 26.7 Å². The number of esters is 1. The van der Waals surface area contributed by atoms with Crippen LogP contribution in [0.2, 0.25) is 0 Å². The van der Waals surface area contributed by atoms with Crippen molar-refractivity contribution in [3.8, 4) is 0 Å². The Kier molecular flexibility index (Phi) is 7.57. The predicted octanol–water partition coefficient (Wildman–Crippen LogP) is 2.86. The lowest BCUT2D eigenvalue weighted by molar-refractivity contribution is -0.154. The van der Waals surface area contributed by atoms with Gasteiger partial charge in [0.05, 0.1) is 17.1 Å². The number of rotatable bonds is 7. The van der Waals surface area contributed by atoms with Crippen LogP contribution < -0.4 is 5.32 Å². The van der Waals surface area contributed by atoms with E-state index in [1.54, 1.807) is 0 Å². The van der Waals surface area contributed by atoms with Gasteiger partial charge in [-0.05, 0) is 49.4 Å². The van der Waals surface area contributed by atoms with E-state index in [-0.39, 0.29) is 23.3 Å². The van der Waals surface area contributed by atoms with Crippen LogP contribution in [-0.2, 0) is 24.2 Å². The topological polar surface area (TPSA) is 89.5 Å². The number of hydrogen-bond acceptors (Lipinski definition) is 5. The second-order valence-electron chi connectivity index (χ2n) is 7.54. The molecular formula is C20H28FNO5S. The number of amides is 1. The van der Waals surface area contributed by atoms with Gasteiger partial charge in [0.15, 0.2) is 15.9 Å². The van der Waals surface area contributed by atoms with Crippen molar-refractivity contribution in [1.82, 2.24) is 5.32 Å². The summed E-state index contributed by atoms with van der Waals surface area (Å²) in [6, 6.07) is 4.45. The lowest BCUT2D eigenvalue weighted by Crippen LogP contribution is -2.47. The number of halogens is 1. The Balaban J connectivity index is 1.83. The number of benzene rings is 1. The lowest BCUT2D eigenvalue weighted by atomic mass is 9.78. The molecule has 0 radical (unpaired) electrons. The van der Waals surface area contributed by atoms with Gasteiger partial charge in [0, 0.05) is 6.04 Å². The number of ether oxygens (including phenoxy) is 1. The molecule has 0 aliphatic heterocycles. The molecule has 0 aromatic heterocycles. The van der Waals surface area contributed by atoms with E-state index in [1.807, 2.05) is 0 Å². The van der Waals surface area contributed by atoms with Gasteiger partial charge in [-0.2, -0.15) is 0 Å². The van der Waals surface area contributed by atoms with Gasteiger partial charge in [-0.15, -0.1) is 0 Å². The summed E-state index contributed by atoms with van der Waals surface area (Å²) in [4.78, 5) is 24.2. The second kappa shape index (κ2) is 9.49. The van der Waals surface area contributed by atoms with Crippen molar-refractivity contribution in [3.63, 3.8) is 0 Å². The summed E-state index contributed by atoms with van der Waals surface area (Å²) in [5.41, 5.74) is 0. The van der Waals surface area contributed by atoms with Crippen LogP contribution in [0, 0.1) is 17.7 Å². The first kappa shape index (κ1) is 22.3. The Bertz CT molecular complexity index is 793. The van der Waals surface area contributed by atoms with E-state index in [9.17, 15) is 22.4 Å². The van der Waals surface area contributed by atoms with E-state index in [4.69, 9.17) is 4.74 Å². The summed E-state index contributed by atoms with van der Waals surface area (Å²) in [5.74, 6) is -1.28. The summed E-state index contributed by atoms with van der Waals surface area (Å²) >= 11 is 0. The predicted molar refractivity (Wildman–Crippen MR) is 103 cm³/mol. The maximum absolute atomic E-state index is 12.9. The number of hydrogen-bond donors (Lipinski definition) is 1. The number of carbonyl (C=O) groups is 2. The second-order valence-corrected chi connectivity index (χ2v) is 9.65. The third-order valence-corrected chi connectivity index (χ3v) is 7.19. The quantitative estimate of drug-likeness (QED) is 0.548. The lowest BCUT2D eigenvalue weighted by Gasteiger charge is -2.35. The molecule has 0 unspecified atom stereocenters. The molecule has 6 nitrogen and oxygen atoms in total. The summed E-state index contributed by atoms with van der Waals surface area (Å²) in [5, 5.41) is 2.94. The highest BCUT2D eigenvalue weighted by Gasteiger charge is 2.30. The monoisotopic (exact) mass is 413 g/mol. The Labute approximate surface area is 165 Å². The van der Waals surface area contributed by atoms with Gasteiger partial charge in [0.1, 0.15) is 5.82 Å². The van der Waals surface area contributed by atoms with Crippen LogP contribution in [0.1, 0.15) is 46.5 Å². The molecule has 28 heavy (non-hydrogen) atoms. The first-order chi connectivity index (χ1) is 13.1. The largest absolute Gasteiger partial charge is 0.453 e. The molecule has 0 bridgehead atoms. The van der Waals surface area contributed by atoms with Gasteiger partial charge in [-0.3, -0.25) is 9.59 Å². The average Bonchev–Trinajstić information content (AvgIpc) is 2.64. The highest BCUT2D eigenvalue weighted by atomic mass is 32.2. The number of sulfone groups is 1. The molecule has 2 rings (SSSR count). The van der Waals surface area contributed by atoms with Gasteiger partial charge in [-0.25, -0.2) is 12.8 Å².